The zero-order valence-electron chi connectivity index (χ0n) is 21.8. The van der Waals surface area contributed by atoms with Crippen LogP contribution in [0.4, 0.5) is 23.9 Å². The Labute approximate surface area is 234 Å². The number of pyridine rings is 1. The van der Waals surface area contributed by atoms with Gasteiger partial charge in [-0.25, -0.2) is 9.97 Å². The summed E-state index contributed by atoms with van der Waals surface area (Å²) in [5.74, 6) is 0.182. The molecule has 210 valence electrons. The maximum absolute atomic E-state index is 13.5. The van der Waals surface area contributed by atoms with E-state index in [1.807, 2.05) is 6.07 Å². The lowest BCUT2D eigenvalue weighted by molar-refractivity contribution is -0.137. The van der Waals surface area contributed by atoms with Crippen molar-refractivity contribution in [3.63, 3.8) is 0 Å². The van der Waals surface area contributed by atoms with Crippen molar-refractivity contribution in [2.45, 2.75) is 68.6 Å². The van der Waals surface area contributed by atoms with E-state index in [-0.39, 0.29) is 28.8 Å². The number of anilines is 1. The summed E-state index contributed by atoms with van der Waals surface area (Å²) in [7, 11) is 0. The molecule has 1 atom stereocenters. The first kappa shape index (κ1) is 28.0. The molecule has 1 saturated carbocycles. The SMILES string of the molecule is CC1(Cc2ccnc(NC3CCC(NCc4cccc(-c5ccccc5C(F)(F)F)n4)CC3)n2)SC(=O)NC1=O. The van der Waals surface area contributed by atoms with E-state index < -0.39 is 16.5 Å². The first-order valence-corrected chi connectivity index (χ1v) is 13.9. The zero-order chi connectivity index (χ0) is 28.3. The Morgan fingerprint density at radius 1 is 0.975 bits per heavy atom. The van der Waals surface area contributed by atoms with Gasteiger partial charge in [-0.3, -0.25) is 19.9 Å². The topological polar surface area (TPSA) is 109 Å². The van der Waals surface area contributed by atoms with Gasteiger partial charge in [0.15, 0.2) is 0 Å². The van der Waals surface area contributed by atoms with Crippen molar-refractivity contribution in [2.75, 3.05) is 5.32 Å². The first-order valence-electron chi connectivity index (χ1n) is 13.1. The summed E-state index contributed by atoms with van der Waals surface area (Å²) in [6.07, 6.45) is 1.12. The number of halogens is 3. The predicted molar refractivity (Wildman–Crippen MR) is 146 cm³/mol. The van der Waals surface area contributed by atoms with Gasteiger partial charge in [-0.05, 0) is 68.6 Å². The number of nitrogens with zero attached hydrogens (tertiary/aromatic N) is 3. The number of imide groups is 1. The molecule has 3 N–H and O–H groups in total. The molecule has 5 rings (SSSR count). The second-order valence-electron chi connectivity index (χ2n) is 10.3. The van der Waals surface area contributed by atoms with Gasteiger partial charge in [-0.15, -0.1) is 0 Å². The molecule has 1 aromatic carbocycles. The average molecular weight is 571 g/mol. The number of hydrogen-bond acceptors (Lipinski definition) is 8. The zero-order valence-corrected chi connectivity index (χ0v) is 22.6. The summed E-state index contributed by atoms with van der Waals surface area (Å²) in [6, 6.07) is 12.8. The number of benzene rings is 1. The standard InChI is InChI=1S/C28H29F3N6O2S/c1-27(24(38)37-26(39)40-27)15-19-13-14-32-25(36-19)35-18-11-9-17(10-12-18)33-16-20-5-4-8-23(34-20)21-6-2-3-7-22(21)28(29,30)31/h2-8,13-14,17-18,33H,9-12,15-16H2,1H3,(H,32,35,36)(H,37,38,39). The lowest BCUT2D eigenvalue weighted by atomic mass is 9.91. The summed E-state index contributed by atoms with van der Waals surface area (Å²) in [4.78, 5) is 37.1. The van der Waals surface area contributed by atoms with Crippen molar-refractivity contribution in [3.8, 4) is 11.3 Å². The first-order chi connectivity index (χ1) is 19.1. The van der Waals surface area contributed by atoms with Crippen LogP contribution >= 0.6 is 11.8 Å². The van der Waals surface area contributed by atoms with Crippen molar-refractivity contribution in [3.05, 3.63) is 71.7 Å². The van der Waals surface area contributed by atoms with Gasteiger partial charge in [0.2, 0.25) is 11.9 Å². The third-order valence-electron chi connectivity index (χ3n) is 7.19. The Bertz CT molecular complexity index is 1400. The molecular weight excluding hydrogens is 541 g/mol. The fourth-order valence-corrected chi connectivity index (χ4v) is 6.00. The summed E-state index contributed by atoms with van der Waals surface area (Å²) in [5, 5.41) is 8.86. The minimum Gasteiger partial charge on any atom is -0.351 e. The highest BCUT2D eigenvalue weighted by Gasteiger charge is 2.44. The van der Waals surface area contributed by atoms with Crippen molar-refractivity contribution < 1.29 is 22.8 Å². The fraction of sp³-hybridized carbons (Fsp3) is 0.393. The number of amides is 2. The molecule has 0 spiro atoms. The fourth-order valence-electron chi connectivity index (χ4n) is 5.08. The van der Waals surface area contributed by atoms with Crippen LogP contribution in [0.25, 0.3) is 11.3 Å². The molecule has 0 radical (unpaired) electrons. The molecule has 8 nitrogen and oxygen atoms in total. The molecule has 1 saturated heterocycles. The van der Waals surface area contributed by atoms with E-state index in [0.29, 0.717) is 36.0 Å². The van der Waals surface area contributed by atoms with Crippen LogP contribution in [0.3, 0.4) is 0 Å². The molecule has 2 amide bonds. The maximum atomic E-state index is 13.5. The van der Waals surface area contributed by atoms with E-state index in [0.717, 1.165) is 43.5 Å². The number of nitrogens with one attached hydrogen (secondary N) is 3. The minimum atomic E-state index is -4.45. The van der Waals surface area contributed by atoms with Crippen molar-refractivity contribution in [2.24, 2.45) is 0 Å². The van der Waals surface area contributed by atoms with Gasteiger partial charge in [0.05, 0.1) is 17.0 Å². The van der Waals surface area contributed by atoms with Crippen LogP contribution in [0.15, 0.2) is 54.7 Å². The molecule has 0 bridgehead atoms. The van der Waals surface area contributed by atoms with Gasteiger partial charge in [0.1, 0.15) is 4.75 Å². The van der Waals surface area contributed by atoms with Gasteiger partial charge in [0, 0.05) is 42.5 Å². The van der Waals surface area contributed by atoms with Crippen LogP contribution in [-0.2, 0) is 23.9 Å². The van der Waals surface area contributed by atoms with Gasteiger partial charge in [0.25, 0.3) is 5.24 Å². The Morgan fingerprint density at radius 3 is 2.45 bits per heavy atom. The van der Waals surface area contributed by atoms with Crippen LogP contribution in [-0.4, -0.2) is 42.9 Å². The second kappa shape index (κ2) is 11.5. The minimum absolute atomic E-state index is 0.0718. The average Bonchev–Trinajstić information content (AvgIpc) is 3.18. The highest BCUT2D eigenvalue weighted by molar-refractivity contribution is 8.16. The van der Waals surface area contributed by atoms with Gasteiger partial charge >= 0.3 is 6.18 Å². The van der Waals surface area contributed by atoms with E-state index in [9.17, 15) is 22.8 Å². The van der Waals surface area contributed by atoms with Crippen molar-refractivity contribution in [1.29, 1.82) is 0 Å². The molecule has 1 unspecified atom stereocenters. The van der Waals surface area contributed by atoms with Gasteiger partial charge in [-0.1, -0.05) is 24.3 Å². The molecule has 3 aromatic rings. The molecule has 2 aliphatic rings. The predicted octanol–water partition coefficient (Wildman–Crippen LogP) is 5.35. The maximum Gasteiger partial charge on any atom is 0.417 e. The van der Waals surface area contributed by atoms with Crippen molar-refractivity contribution >= 4 is 28.9 Å². The number of thioether (sulfide) groups is 1. The second-order valence-corrected chi connectivity index (χ2v) is 11.7. The van der Waals surface area contributed by atoms with Crippen LogP contribution < -0.4 is 16.0 Å². The largest absolute Gasteiger partial charge is 0.417 e. The summed E-state index contributed by atoms with van der Waals surface area (Å²) >= 11 is 0.980. The monoisotopic (exact) mass is 570 g/mol. The van der Waals surface area contributed by atoms with E-state index in [4.69, 9.17) is 0 Å². The number of alkyl halides is 3. The smallest absolute Gasteiger partial charge is 0.351 e. The van der Waals surface area contributed by atoms with E-state index in [1.165, 1.54) is 12.1 Å². The Balaban J connectivity index is 1.13. The number of rotatable bonds is 8. The normalized spacial score (nSPS) is 23.2. The summed E-state index contributed by atoms with van der Waals surface area (Å²) in [6.45, 7) is 2.19. The Kier molecular flexibility index (Phi) is 8.09. The molecule has 1 aliphatic carbocycles. The third-order valence-corrected chi connectivity index (χ3v) is 8.26. The van der Waals surface area contributed by atoms with Crippen molar-refractivity contribution in [1.82, 2.24) is 25.6 Å². The molecular formula is C28H29F3N6O2S. The van der Waals surface area contributed by atoms with Crippen LogP contribution in [0, 0.1) is 0 Å². The lowest BCUT2D eigenvalue weighted by Crippen LogP contribution is -2.37. The Morgan fingerprint density at radius 2 is 1.73 bits per heavy atom. The van der Waals surface area contributed by atoms with E-state index in [2.05, 4.69) is 30.9 Å². The third kappa shape index (κ3) is 6.61. The molecule has 3 heterocycles. The quantitative estimate of drug-likeness (QED) is 0.333. The molecule has 2 aromatic heterocycles. The van der Waals surface area contributed by atoms with E-state index in [1.54, 1.807) is 37.4 Å². The van der Waals surface area contributed by atoms with Gasteiger partial charge < -0.3 is 10.6 Å². The number of carbonyl (C=O) groups excluding carboxylic acids is 2. The summed E-state index contributed by atoms with van der Waals surface area (Å²) < 4.78 is 39.5. The summed E-state index contributed by atoms with van der Waals surface area (Å²) in [5.41, 5.74) is 1.04. The van der Waals surface area contributed by atoms with Crippen LogP contribution in [0.2, 0.25) is 0 Å². The van der Waals surface area contributed by atoms with Gasteiger partial charge in [-0.2, -0.15) is 13.2 Å². The molecule has 12 heteroatoms. The van der Waals surface area contributed by atoms with Crippen LogP contribution in [0.5, 0.6) is 0 Å². The molecule has 2 fully saturated rings. The molecule has 1 aliphatic heterocycles. The number of hydrogen-bond donors (Lipinski definition) is 3. The molecule has 40 heavy (non-hydrogen) atoms. The highest BCUT2D eigenvalue weighted by Crippen LogP contribution is 2.36. The van der Waals surface area contributed by atoms with E-state index >= 15 is 0 Å². The Hall–Kier alpha value is -3.51. The number of carbonyl (C=O) groups is 2. The number of aromatic nitrogens is 3. The lowest BCUT2D eigenvalue weighted by Gasteiger charge is -2.30. The highest BCUT2D eigenvalue weighted by atomic mass is 32.2. The van der Waals surface area contributed by atoms with Crippen LogP contribution in [0.1, 0.15) is 49.6 Å².